The van der Waals surface area contributed by atoms with Gasteiger partial charge in [-0.15, -0.1) is 0 Å². The first-order valence-electron chi connectivity index (χ1n) is 7.85. The molecule has 0 bridgehead atoms. The largest absolute Gasteiger partial charge is 0.326 e. The number of rotatable bonds is 5. The van der Waals surface area contributed by atoms with Crippen molar-refractivity contribution < 1.29 is 14.4 Å². The molecule has 0 aliphatic heterocycles. The number of nitrogens with one attached hydrogen (secondary N) is 2. The predicted octanol–water partition coefficient (Wildman–Crippen LogP) is 2.51. The zero-order valence-corrected chi connectivity index (χ0v) is 14.4. The highest BCUT2D eigenvalue weighted by Crippen LogP contribution is 2.18. The molecule has 0 fully saturated rings. The van der Waals surface area contributed by atoms with Crippen LogP contribution in [0, 0.1) is 11.3 Å². The van der Waals surface area contributed by atoms with Crippen molar-refractivity contribution in [3.05, 3.63) is 54.1 Å². The smallest absolute Gasteiger partial charge is 0.244 e. The average molecular weight is 350 g/mol. The van der Waals surface area contributed by atoms with E-state index in [4.69, 9.17) is 5.26 Å². The van der Waals surface area contributed by atoms with Crippen molar-refractivity contribution in [2.24, 2.45) is 0 Å². The van der Waals surface area contributed by atoms with Gasteiger partial charge in [-0.2, -0.15) is 5.26 Å². The van der Waals surface area contributed by atoms with Crippen LogP contribution < -0.4 is 15.5 Å². The van der Waals surface area contributed by atoms with Crippen molar-refractivity contribution in [3.63, 3.8) is 0 Å². The standard InChI is InChI=1S/C19H18N4O3/c1-13(24)21-16-6-4-7-17(10-16)22-19(26)12-23(14(2)25)18-8-3-5-15(9-18)11-20/h3-10H,12H2,1-2H3,(H,21,24)(H,22,26). The Morgan fingerprint density at radius 2 is 1.65 bits per heavy atom. The summed E-state index contributed by atoms with van der Waals surface area (Å²) in [6.07, 6.45) is 0. The molecule has 0 aromatic heterocycles. The molecule has 26 heavy (non-hydrogen) atoms. The van der Waals surface area contributed by atoms with Gasteiger partial charge < -0.3 is 15.5 Å². The number of anilines is 3. The van der Waals surface area contributed by atoms with Gasteiger partial charge in [0.1, 0.15) is 6.54 Å². The van der Waals surface area contributed by atoms with Gasteiger partial charge in [0.25, 0.3) is 0 Å². The molecule has 0 radical (unpaired) electrons. The van der Waals surface area contributed by atoms with Gasteiger partial charge in [-0.1, -0.05) is 12.1 Å². The third kappa shape index (κ3) is 5.18. The molecule has 7 heteroatoms. The summed E-state index contributed by atoms with van der Waals surface area (Å²) in [7, 11) is 0. The quantitative estimate of drug-likeness (QED) is 0.865. The van der Waals surface area contributed by atoms with Crippen LogP contribution in [0.3, 0.4) is 0 Å². The molecule has 0 aliphatic rings. The molecule has 0 saturated carbocycles. The minimum atomic E-state index is -0.400. The summed E-state index contributed by atoms with van der Waals surface area (Å²) in [4.78, 5) is 36.7. The zero-order chi connectivity index (χ0) is 19.1. The van der Waals surface area contributed by atoms with E-state index in [0.717, 1.165) is 0 Å². The lowest BCUT2D eigenvalue weighted by Crippen LogP contribution is -2.36. The van der Waals surface area contributed by atoms with E-state index in [1.54, 1.807) is 48.5 Å². The fraction of sp³-hybridized carbons (Fsp3) is 0.158. The van der Waals surface area contributed by atoms with Gasteiger partial charge in [0.05, 0.1) is 11.6 Å². The number of carbonyl (C=O) groups excluding carboxylic acids is 3. The van der Waals surface area contributed by atoms with Crippen LogP contribution in [0.4, 0.5) is 17.1 Å². The van der Waals surface area contributed by atoms with Crippen molar-refractivity contribution in [1.29, 1.82) is 5.26 Å². The van der Waals surface area contributed by atoms with Crippen molar-refractivity contribution in [2.75, 3.05) is 22.1 Å². The molecule has 0 heterocycles. The monoisotopic (exact) mass is 350 g/mol. The van der Waals surface area contributed by atoms with Crippen LogP contribution in [-0.4, -0.2) is 24.3 Å². The molecule has 2 aromatic carbocycles. The molecule has 3 amide bonds. The molecular formula is C19H18N4O3. The lowest BCUT2D eigenvalue weighted by Gasteiger charge is -2.21. The van der Waals surface area contributed by atoms with E-state index < -0.39 is 5.91 Å². The van der Waals surface area contributed by atoms with Crippen LogP contribution in [-0.2, 0) is 14.4 Å². The summed E-state index contributed by atoms with van der Waals surface area (Å²) in [5.74, 6) is -0.932. The first-order valence-corrected chi connectivity index (χ1v) is 7.85. The number of carbonyl (C=O) groups is 3. The van der Waals surface area contributed by atoms with Gasteiger partial charge in [-0.3, -0.25) is 14.4 Å². The van der Waals surface area contributed by atoms with Gasteiger partial charge >= 0.3 is 0 Å². The molecule has 0 unspecified atom stereocenters. The summed E-state index contributed by atoms with van der Waals surface area (Å²) in [5.41, 5.74) is 1.92. The van der Waals surface area contributed by atoms with Gasteiger partial charge in [-0.05, 0) is 36.4 Å². The van der Waals surface area contributed by atoms with E-state index in [9.17, 15) is 14.4 Å². The maximum atomic E-state index is 12.3. The van der Waals surface area contributed by atoms with Crippen LogP contribution in [0.15, 0.2) is 48.5 Å². The Labute approximate surface area is 151 Å². The second-order valence-electron chi connectivity index (χ2n) is 5.58. The molecule has 2 rings (SSSR count). The van der Waals surface area contributed by atoms with Crippen LogP contribution in [0.5, 0.6) is 0 Å². The summed E-state index contributed by atoms with van der Waals surface area (Å²) in [6.45, 7) is 2.55. The minimum absolute atomic E-state index is 0.200. The van der Waals surface area contributed by atoms with Crippen molar-refractivity contribution >= 4 is 34.8 Å². The Bertz CT molecular complexity index is 886. The van der Waals surface area contributed by atoms with Gasteiger partial charge in [0.2, 0.25) is 17.7 Å². The highest BCUT2D eigenvalue weighted by molar-refractivity contribution is 6.02. The Kier molecular flexibility index (Phi) is 6.06. The first-order chi connectivity index (χ1) is 12.4. The molecule has 0 saturated heterocycles. The number of nitriles is 1. The van der Waals surface area contributed by atoms with E-state index in [2.05, 4.69) is 10.6 Å². The highest BCUT2D eigenvalue weighted by Gasteiger charge is 2.16. The van der Waals surface area contributed by atoms with Crippen molar-refractivity contribution in [2.45, 2.75) is 13.8 Å². The van der Waals surface area contributed by atoms with E-state index in [1.807, 2.05) is 6.07 Å². The highest BCUT2D eigenvalue weighted by atomic mass is 16.2. The maximum absolute atomic E-state index is 12.3. The minimum Gasteiger partial charge on any atom is -0.326 e. The molecule has 0 aliphatic carbocycles. The van der Waals surface area contributed by atoms with Crippen LogP contribution in [0.1, 0.15) is 19.4 Å². The topological polar surface area (TPSA) is 102 Å². The van der Waals surface area contributed by atoms with Crippen LogP contribution in [0.25, 0.3) is 0 Å². The number of hydrogen-bond donors (Lipinski definition) is 2. The van der Waals surface area contributed by atoms with Gasteiger partial charge in [-0.25, -0.2) is 0 Å². The number of hydrogen-bond acceptors (Lipinski definition) is 4. The third-order valence-electron chi connectivity index (χ3n) is 3.44. The summed E-state index contributed by atoms with van der Waals surface area (Å²) < 4.78 is 0. The Balaban J connectivity index is 2.12. The molecule has 132 valence electrons. The SMILES string of the molecule is CC(=O)Nc1cccc(NC(=O)CN(C(C)=O)c2cccc(C#N)c2)c1. The number of amides is 3. The first kappa shape index (κ1) is 18.7. The average Bonchev–Trinajstić information content (AvgIpc) is 2.59. The van der Waals surface area contributed by atoms with E-state index in [0.29, 0.717) is 22.6 Å². The second-order valence-corrected chi connectivity index (χ2v) is 5.58. The molecule has 0 atom stereocenters. The fourth-order valence-electron chi connectivity index (χ4n) is 2.35. The van der Waals surface area contributed by atoms with Crippen LogP contribution in [0.2, 0.25) is 0 Å². The van der Waals surface area contributed by atoms with Gasteiger partial charge in [0, 0.05) is 30.9 Å². The van der Waals surface area contributed by atoms with Crippen molar-refractivity contribution in [3.8, 4) is 6.07 Å². The fourth-order valence-corrected chi connectivity index (χ4v) is 2.35. The second kappa shape index (κ2) is 8.44. The Morgan fingerprint density at radius 1 is 1.00 bits per heavy atom. The predicted molar refractivity (Wildman–Crippen MR) is 98.6 cm³/mol. The third-order valence-corrected chi connectivity index (χ3v) is 3.44. The molecule has 0 spiro atoms. The lowest BCUT2D eigenvalue weighted by atomic mass is 10.2. The summed E-state index contributed by atoms with van der Waals surface area (Å²) in [6, 6.07) is 15.2. The zero-order valence-electron chi connectivity index (χ0n) is 14.4. The molecule has 7 nitrogen and oxygen atoms in total. The molecule has 2 aromatic rings. The van der Waals surface area contributed by atoms with E-state index in [1.165, 1.54) is 18.7 Å². The lowest BCUT2D eigenvalue weighted by molar-refractivity contribution is -0.120. The van der Waals surface area contributed by atoms with E-state index >= 15 is 0 Å². The number of nitrogens with zero attached hydrogens (tertiary/aromatic N) is 2. The maximum Gasteiger partial charge on any atom is 0.244 e. The Morgan fingerprint density at radius 3 is 2.27 bits per heavy atom. The van der Waals surface area contributed by atoms with Gasteiger partial charge in [0.15, 0.2) is 0 Å². The Hall–Kier alpha value is -3.66. The molecule has 2 N–H and O–H groups in total. The van der Waals surface area contributed by atoms with E-state index in [-0.39, 0.29) is 18.4 Å². The summed E-state index contributed by atoms with van der Waals surface area (Å²) >= 11 is 0. The molecular weight excluding hydrogens is 332 g/mol. The number of benzene rings is 2. The van der Waals surface area contributed by atoms with Crippen LogP contribution >= 0.6 is 0 Å². The normalized spacial score (nSPS) is 9.73. The summed E-state index contributed by atoms with van der Waals surface area (Å²) in [5, 5.41) is 14.3. The van der Waals surface area contributed by atoms with Crippen molar-refractivity contribution in [1.82, 2.24) is 0 Å².